The lowest BCUT2D eigenvalue weighted by Gasteiger charge is -2.08. The molecule has 0 bridgehead atoms. The zero-order valence-corrected chi connectivity index (χ0v) is 9.83. The van der Waals surface area contributed by atoms with Gasteiger partial charge in [-0.25, -0.2) is 9.98 Å². The third-order valence-electron chi connectivity index (χ3n) is 2.38. The largest absolute Gasteiger partial charge is 0.368 e. The topological polar surface area (TPSA) is 50.7 Å². The van der Waals surface area contributed by atoms with Crippen LogP contribution in [0.15, 0.2) is 9.98 Å². The van der Waals surface area contributed by atoms with Crippen LogP contribution in [0.25, 0.3) is 0 Å². The Morgan fingerprint density at radius 3 is 2.43 bits per heavy atom. The highest BCUT2D eigenvalue weighted by molar-refractivity contribution is 5.85. The van der Waals surface area contributed by atoms with Crippen molar-refractivity contribution < 1.29 is 0 Å². The second-order valence-electron chi connectivity index (χ2n) is 3.35. The van der Waals surface area contributed by atoms with Crippen LogP contribution in [0.1, 0.15) is 47.0 Å². The molecule has 0 aromatic carbocycles. The fraction of sp³-hybridized carbons (Fsp3) is 0.818. The maximum absolute atomic E-state index is 5.58. The normalized spacial score (nSPS) is 27.6. The van der Waals surface area contributed by atoms with Crippen LogP contribution in [0.5, 0.6) is 0 Å². The lowest BCUT2D eigenvalue weighted by molar-refractivity contribution is 0.529. The van der Waals surface area contributed by atoms with Crippen molar-refractivity contribution in [3.63, 3.8) is 0 Å². The summed E-state index contributed by atoms with van der Waals surface area (Å²) in [7, 11) is 0. The highest BCUT2D eigenvalue weighted by Crippen LogP contribution is 2.27. The number of nitrogens with zero attached hydrogens (tertiary/aromatic N) is 2. The number of nitrogens with two attached hydrogens (primary N) is 1. The van der Waals surface area contributed by atoms with E-state index in [1.165, 1.54) is 19.3 Å². The minimum Gasteiger partial charge on any atom is -0.368 e. The maximum Gasteiger partial charge on any atom is 0.215 e. The lowest BCUT2D eigenvalue weighted by Crippen LogP contribution is -2.16. The summed E-state index contributed by atoms with van der Waals surface area (Å²) in [5, 5.41) is 0. The monoisotopic (exact) mass is 197 g/mol. The van der Waals surface area contributed by atoms with Crippen molar-refractivity contribution >= 4 is 12.2 Å². The minimum absolute atomic E-state index is 0.411. The molecule has 82 valence electrons. The minimum atomic E-state index is 0.411. The molecule has 3 heteroatoms. The first-order valence-corrected chi connectivity index (χ1v) is 5.56. The van der Waals surface area contributed by atoms with Gasteiger partial charge in [0.15, 0.2) is 0 Å². The summed E-state index contributed by atoms with van der Waals surface area (Å²) < 4.78 is 0. The first kappa shape index (κ1) is 13.1. The molecule has 14 heavy (non-hydrogen) atoms. The summed E-state index contributed by atoms with van der Waals surface area (Å²) >= 11 is 0. The molecule has 1 saturated carbocycles. The van der Waals surface area contributed by atoms with E-state index in [4.69, 9.17) is 5.73 Å². The van der Waals surface area contributed by atoms with Crippen molar-refractivity contribution in [3.05, 3.63) is 0 Å². The molecule has 0 spiro atoms. The molecule has 0 aromatic heterocycles. The van der Waals surface area contributed by atoms with E-state index in [-0.39, 0.29) is 0 Å². The van der Waals surface area contributed by atoms with Crippen molar-refractivity contribution in [3.8, 4) is 0 Å². The fourth-order valence-corrected chi connectivity index (χ4v) is 1.65. The van der Waals surface area contributed by atoms with Crippen molar-refractivity contribution in [1.82, 2.24) is 0 Å². The quantitative estimate of drug-likeness (QED) is 0.510. The molecule has 0 amide bonds. The van der Waals surface area contributed by atoms with Gasteiger partial charge in [-0.2, -0.15) is 0 Å². The van der Waals surface area contributed by atoms with Crippen LogP contribution in [-0.2, 0) is 0 Å². The highest BCUT2D eigenvalue weighted by atomic mass is 15.0. The van der Waals surface area contributed by atoms with Gasteiger partial charge < -0.3 is 5.73 Å². The Hall–Kier alpha value is -0.860. The Morgan fingerprint density at radius 2 is 2.00 bits per heavy atom. The van der Waals surface area contributed by atoms with Crippen molar-refractivity contribution in [1.29, 1.82) is 0 Å². The molecule has 0 radical (unpaired) electrons. The summed E-state index contributed by atoms with van der Waals surface area (Å²) in [5.41, 5.74) is 5.58. The molecule has 0 saturated heterocycles. The summed E-state index contributed by atoms with van der Waals surface area (Å²) in [5.74, 6) is 1.10. The van der Waals surface area contributed by atoms with Crippen LogP contribution in [-0.4, -0.2) is 18.2 Å². The third-order valence-corrected chi connectivity index (χ3v) is 2.38. The van der Waals surface area contributed by atoms with E-state index in [9.17, 15) is 0 Å². The van der Waals surface area contributed by atoms with Crippen LogP contribution in [0.2, 0.25) is 0 Å². The number of guanidine groups is 1. The molecule has 2 unspecified atom stereocenters. The van der Waals surface area contributed by atoms with Gasteiger partial charge in [-0.1, -0.05) is 27.2 Å². The van der Waals surface area contributed by atoms with E-state index in [1.54, 1.807) is 6.21 Å². The predicted molar refractivity (Wildman–Crippen MR) is 63.9 cm³/mol. The number of aliphatic imine (C=N–C) groups is 2. The summed E-state index contributed by atoms with van der Waals surface area (Å²) in [6.45, 7) is 8.07. The lowest BCUT2D eigenvalue weighted by atomic mass is 10.1. The Morgan fingerprint density at radius 1 is 1.36 bits per heavy atom. The van der Waals surface area contributed by atoms with E-state index in [2.05, 4.69) is 16.9 Å². The molecule has 0 heterocycles. The van der Waals surface area contributed by atoms with E-state index in [0.29, 0.717) is 17.9 Å². The van der Waals surface area contributed by atoms with Crippen LogP contribution in [0, 0.1) is 5.92 Å². The van der Waals surface area contributed by atoms with Gasteiger partial charge in [-0.05, 0) is 25.7 Å². The molecule has 1 rings (SSSR count). The standard InChI is InChI=1S/C9H17N3.C2H6/c1-3-11-9(10)12-8-6-4-5-7(8)2;1-2/h3,7-8H,4-6H2,1-2H3,(H2,10,12);1-2H3/b11-3-;. The van der Waals surface area contributed by atoms with Gasteiger partial charge >= 0.3 is 0 Å². The average molecular weight is 197 g/mol. The second kappa shape index (κ2) is 7.54. The molecule has 1 aliphatic rings. The summed E-state index contributed by atoms with van der Waals surface area (Å²) in [6.07, 6.45) is 5.40. The van der Waals surface area contributed by atoms with Crippen molar-refractivity contribution in [2.24, 2.45) is 21.6 Å². The molecule has 3 nitrogen and oxygen atoms in total. The van der Waals surface area contributed by atoms with Gasteiger partial charge in [-0.15, -0.1) is 0 Å². The van der Waals surface area contributed by atoms with E-state index < -0.39 is 0 Å². The molecule has 0 aromatic rings. The summed E-state index contributed by atoms with van der Waals surface area (Å²) in [4.78, 5) is 8.27. The van der Waals surface area contributed by atoms with Gasteiger partial charge in [0.2, 0.25) is 5.96 Å². The molecule has 1 aliphatic carbocycles. The van der Waals surface area contributed by atoms with Crippen molar-refractivity contribution in [2.45, 2.75) is 53.0 Å². The maximum atomic E-state index is 5.58. The SMILES string of the molecule is C/C=N\C(N)=NC1CCCC1C.CC. The number of rotatable bonds is 1. The highest BCUT2D eigenvalue weighted by Gasteiger charge is 2.22. The van der Waals surface area contributed by atoms with E-state index >= 15 is 0 Å². The smallest absolute Gasteiger partial charge is 0.215 e. The van der Waals surface area contributed by atoms with Crippen molar-refractivity contribution in [2.75, 3.05) is 0 Å². The molecular formula is C11H23N3. The zero-order chi connectivity index (χ0) is 11.0. The molecule has 2 atom stereocenters. The molecule has 0 aliphatic heterocycles. The molecule has 1 fully saturated rings. The van der Waals surface area contributed by atoms with Gasteiger partial charge in [0, 0.05) is 6.21 Å². The Bertz CT molecular complexity index is 197. The molecule has 2 N–H and O–H groups in total. The van der Waals surface area contributed by atoms with Gasteiger partial charge in [-0.3, -0.25) is 0 Å². The predicted octanol–water partition coefficient (Wildman–Crippen LogP) is 2.61. The Balaban J connectivity index is 0.000000791. The van der Waals surface area contributed by atoms with E-state index in [1.807, 2.05) is 20.8 Å². The van der Waals surface area contributed by atoms with Gasteiger partial charge in [0.1, 0.15) is 0 Å². The van der Waals surface area contributed by atoms with Gasteiger partial charge in [0.05, 0.1) is 6.04 Å². The summed E-state index contributed by atoms with van der Waals surface area (Å²) in [6, 6.07) is 0.411. The average Bonchev–Trinajstić information content (AvgIpc) is 2.56. The van der Waals surface area contributed by atoms with Crippen LogP contribution < -0.4 is 5.73 Å². The number of hydrogen-bond donors (Lipinski definition) is 1. The number of hydrogen-bond acceptors (Lipinski definition) is 1. The fourth-order valence-electron chi connectivity index (χ4n) is 1.65. The van der Waals surface area contributed by atoms with Crippen LogP contribution in [0.4, 0.5) is 0 Å². The van der Waals surface area contributed by atoms with Gasteiger partial charge in [0.25, 0.3) is 0 Å². The van der Waals surface area contributed by atoms with Crippen LogP contribution >= 0.6 is 0 Å². The Kier molecular flexibility index (Phi) is 7.07. The second-order valence-corrected chi connectivity index (χ2v) is 3.35. The van der Waals surface area contributed by atoms with E-state index in [0.717, 1.165) is 0 Å². The first-order chi connectivity index (χ1) is 6.74. The Labute approximate surface area is 87.5 Å². The molecular weight excluding hydrogens is 174 g/mol. The third kappa shape index (κ3) is 4.40. The van der Waals surface area contributed by atoms with Crippen LogP contribution in [0.3, 0.4) is 0 Å². The zero-order valence-electron chi connectivity index (χ0n) is 9.83. The first-order valence-electron chi connectivity index (χ1n) is 5.56.